The number of hydrogen-bond donors (Lipinski definition) is 2. The Morgan fingerprint density at radius 2 is 1.80 bits per heavy atom. The highest BCUT2D eigenvalue weighted by atomic mass is 19.1. The van der Waals surface area contributed by atoms with Crippen molar-refractivity contribution in [3.8, 4) is 29.0 Å². The number of amides is 1. The van der Waals surface area contributed by atoms with E-state index in [2.05, 4.69) is 27.0 Å². The minimum absolute atomic E-state index is 0.138. The summed E-state index contributed by atoms with van der Waals surface area (Å²) in [5.41, 5.74) is 5.68. The van der Waals surface area contributed by atoms with Crippen LogP contribution < -0.4 is 27.0 Å². The number of aromatic nitrogens is 3. The molecule has 2 aromatic carbocycles. The van der Waals surface area contributed by atoms with E-state index in [9.17, 15) is 18.8 Å². The zero-order chi connectivity index (χ0) is 32.3. The molecule has 1 fully saturated rings. The molecule has 5 rings (SSSR count). The summed E-state index contributed by atoms with van der Waals surface area (Å²) in [7, 11) is 1.42. The zero-order valence-electron chi connectivity index (χ0n) is 25.4. The molecule has 1 aliphatic heterocycles. The molecular weight excluding hydrogens is 579 g/mol. The smallest absolute Gasteiger partial charge is 0.335 e. The minimum Gasteiger partial charge on any atom is -0.456 e. The Hall–Kier alpha value is -5.25. The van der Waals surface area contributed by atoms with Crippen molar-refractivity contribution in [1.29, 1.82) is 0 Å². The normalized spacial score (nSPS) is 13.5. The van der Waals surface area contributed by atoms with E-state index in [0.29, 0.717) is 41.5 Å². The SMILES string of the molecule is Cc1cc(NC(=O)c2cn(C)c(=O)n(-c3ccc(F)cc3)c2=O)ccc1Oc1ccnc(N)c1C#CC(C)(C)N1CCOCC1. The van der Waals surface area contributed by atoms with Gasteiger partial charge < -0.3 is 25.1 Å². The Balaban J connectivity index is 1.37. The fraction of sp³-hybridized carbons (Fsp3) is 0.273. The first-order chi connectivity index (χ1) is 21.4. The minimum atomic E-state index is -0.834. The number of aryl methyl sites for hydroxylation is 2. The number of nitrogens with one attached hydrogen (secondary N) is 1. The third kappa shape index (κ3) is 6.80. The number of carbonyl (C=O) groups excluding carboxylic acids is 1. The lowest BCUT2D eigenvalue weighted by molar-refractivity contribution is 0.00739. The topological polar surface area (TPSA) is 134 Å². The van der Waals surface area contributed by atoms with Crippen LogP contribution >= 0.6 is 0 Å². The van der Waals surface area contributed by atoms with Gasteiger partial charge in [-0.05, 0) is 68.8 Å². The van der Waals surface area contributed by atoms with Crippen LogP contribution in [0.15, 0.2) is 70.5 Å². The molecular formula is C33H33FN6O5. The quantitative estimate of drug-likeness (QED) is 0.317. The van der Waals surface area contributed by atoms with Gasteiger partial charge >= 0.3 is 5.69 Å². The average molecular weight is 613 g/mol. The third-order valence-electron chi connectivity index (χ3n) is 7.47. The number of halogens is 1. The number of nitrogens with zero attached hydrogens (tertiary/aromatic N) is 4. The van der Waals surface area contributed by atoms with Gasteiger partial charge in [0.15, 0.2) is 0 Å². The van der Waals surface area contributed by atoms with Gasteiger partial charge in [-0.1, -0.05) is 11.8 Å². The van der Waals surface area contributed by atoms with Gasteiger partial charge in [-0.3, -0.25) is 14.5 Å². The molecule has 1 aliphatic rings. The Kier molecular flexibility index (Phi) is 8.85. The summed E-state index contributed by atoms with van der Waals surface area (Å²) in [5, 5.41) is 2.70. The second kappa shape index (κ2) is 12.8. The third-order valence-corrected chi connectivity index (χ3v) is 7.47. The predicted octanol–water partition coefficient (Wildman–Crippen LogP) is 3.47. The molecule has 0 radical (unpaired) electrons. The molecule has 0 bridgehead atoms. The number of hydrogen-bond acceptors (Lipinski definition) is 8. The van der Waals surface area contributed by atoms with Crippen molar-refractivity contribution in [3.05, 3.63) is 104 Å². The average Bonchev–Trinajstić information content (AvgIpc) is 3.01. The molecule has 1 amide bonds. The first-order valence-electron chi connectivity index (χ1n) is 14.2. The molecule has 4 aromatic rings. The van der Waals surface area contributed by atoms with Crippen LogP contribution in [0, 0.1) is 24.6 Å². The first-order valence-corrected chi connectivity index (χ1v) is 14.2. The molecule has 11 nitrogen and oxygen atoms in total. The molecule has 0 atom stereocenters. The molecule has 45 heavy (non-hydrogen) atoms. The van der Waals surface area contributed by atoms with Crippen molar-refractivity contribution in [2.75, 3.05) is 37.4 Å². The number of benzene rings is 2. The fourth-order valence-electron chi connectivity index (χ4n) is 4.89. The molecule has 0 saturated carbocycles. The molecule has 3 N–H and O–H groups in total. The van der Waals surface area contributed by atoms with Crippen LogP contribution in [-0.2, 0) is 11.8 Å². The van der Waals surface area contributed by atoms with Crippen molar-refractivity contribution >= 4 is 17.4 Å². The van der Waals surface area contributed by atoms with Crippen LogP contribution in [0.2, 0.25) is 0 Å². The highest BCUT2D eigenvalue weighted by molar-refractivity contribution is 6.04. The van der Waals surface area contributed by atoms with E-state index in [1.165, 1.54) is 25.4 Å². The summed E-state index contributed by atoms with van der Waals surface area (Å²) >= 11 is 0. The lowest BCUT2D eigenvalue weighted by Gasteiger charge is -2.37. The second-order valence-corrected chi connectivity index (χ2v) is 11.1. The maximum Gasteiger partial charge on any atom is 0.335 e. The van der Waals surface area contributed by atoms with E-state index in [0.717, 1.165) is 34.4 Å². The first kappa shape index (κ1) is 31.2. The number of carbonyl (C=O) groups is 1. The Labute approximate surface area is 259 Å². The van der Waals surface area contributed by atoms with Gasteiger partial charge in [-0.15, -0.1) is 0 Å². The van der Waals surface area contributed by atoms with Gasteiger partial charge in [0.25, 0.3) is 11.5 Å². The lowest BCUT2D eigenvalue weighted by Crippen LogP contribution is -2.49. The second-order valence-electron chi connectivity index (χ2n) is 11.1. The van der Waals surface area contributed by atoms with Gasteiger partial charge in [0.1, 0.15) is 34.3 Å². The number of pyridine rings is 1. The van der Waals surface area contributed by atoms with E-state index in [1.54, 1.807) is 37.4 Å². The Morgan fingerprint density at radius 1 is 1.09 bits per heavy atom. The summed E-state index contributed by atoms with van der Waals surface area (Å²) in [5.74, 6) is 6.40. The van der Waals surface area contributed by atoms with Gasteiger partial charge in [0.2, 0.25) is 0 Å². The Bertz CT molecular complexity index is 1930. The maximum absolute atomic E-state index is 13.4. The number of morpholine rings is 1. The molecule has 232 valence electrons. The largest absolute Gasteiger partial charge is 0.456 e. The standard InChI is InChI=1S/C33H33FN6O5/c1-21-19-23(37-30(41)26-20-38(4)32(43)40(31(26)42)24-8-5-22(34)6-9-24)7-10-27(21)45-28-12-14-36-29(35)25(28)11-13-33(2,3)39-15-17-44-18-16-39/h5-10,12,14,19-20H,15-18H2,1-4H3,(H2,35,36)(H,37,41). The van der Waals surface area contributed by atoms with Crippen LogP contribution in [-0.4, -0.2) is 56.8 Å². The van der Waals surface area contributed by atoms with Crippen molar-refractivity contribution < 1.29 is 18.7 Å². The summed E-state index contributed by atoms with van der Waals surface area (Å²) in [6.07, 6.45) is 2.71. The van der Waals surface area contributed by atoms with Gasteiger partial charge in [0, 0.05) is 44.3 Å². The highest BCUT2D eigenvalue weighted by Gasteiger charge is 2.26. The van der Waals surface area contributed by atoms with E-state index in [4.69, 9.17) is 15.2 Å². The van der Waals surface area contributed by atoms with Crippen LogP contribution in [0.25, 0.3) is 5.69 Å². The van der Waals surface area contributed by atoms with Crippen molar-refractivity contribution in [1.82, 2.24) is 19.0 Å². The number of nitrogen functional groups attached to an aromatic ring is 1. The summed E-state index contributed by atoms with van der Waals surface area (Å²) in [4.78, 5) is 45.5. The van der Waals surface area contributed by atoms with Crippen LogP contribution in [0.4, 0.5) is 15.9 Å². The van der Waals surface area contributed by atoms with E-state index in [-0.39, 0.29) is 17.1 Å². The van der Waals surface area contributed by atoms with Crippen molar-refractivity contribution in [2.24, 2.45) is 7.05 Å². The van der Waals surface area contributed by atoms with Crippen molar-refractivity contribution in [3.63, 3.8) is 0 Å². The van der Waals surface area contributed by atoms with Gasteiger partial charge in [-0.25, -0.2) is 18.7 Å². The fourth-order valence-corrected chi connectivity index (χ4v) is 4.89. The van der Waals surface area contributed by atoms with E-state index in [1.807, 2.05) is 13.8 Å². The molecule has 0 aliphatic carbocycles. The predicted molar refractivity (Wildman–Crippen MR) is 168 cm³/mol. The summed E-state index contributed by atoms with van der Waals surface area (Å²) in [6, 6.07) is 11.5. The van der Waals surface area contributed by atoms with Crippen LogP contribution in [0.5, 0.6) is 11.5 Å². The zero-order valence-corrected chi connectivity index (χ0v) is 25.4. The number of ether oxygens (including phenoxy) is 2. The molecule has 0 spiro atoms. The monoisotopic (exact) mass is 612 g/mol. The van der Waals surface area contributed by atoms with Crippen LogP contribution in [0.1, 0.15) is 35.3 Å². The molecule has 1 saturated heterocycles. The van der Waals surface area contributed by atoms with Crippen LogP contribution in [0.3, 0.4) is 0 Å². The van der Waals surface area contributed by atoms with Gasteiger partial charge in [0.05, 0.1) is 24.4 Å². The molecule has 12 heteroatoms. The lowest BCUT2D eigenvalue weighted by atomic mass is 10.0. The number of rotatable bonds is 6. The molecule has 2 aromatic heterocycles. The van der Waals surface area contributed by atoms with E-state index < -0.39 is 28.5 Å². The molecule has 3 heterocycles. The maximum atomic E-state index is 13.4. The number of nitrogens with two attached hydrogens (primary N) is 1. The number of anilines is 2. The van der Waals surface area contributed by atoms with Crippen molar-refractivity contribution in [2.45, 2.75) is 26.3 Å². The summed E-state index contributed by atoms with van der Waals surface area (Å²) in [6.45, 7) is 8.76. The summed E-state index contributed by atoms with van der Waals surface area (Å²) < 4.78 is 27.0. The molecule has 0 unspecified atom stereocenters. The Morgan fingerprint density at radius 3 is 2.49 bits per heavy atom. The highest BCUT2D eigenvalue weighted by Crippen LogP contribution is 2.31. The van der Waals surface area contributed by atoms with Gasteiger partial charge in [-0.2, -0.15) is 0 Å². The van der Waals surface area contributed by atoms with E-state index >= 15 is 0 Å².